The highest BCUT2D eigenvalue weighted by Gasteiger charge is 2.45. The molecule has 1 atom stereocenters. The van der Waals surface area contributed by atoms with Crippen molar-refractivity contribution >= 4 is 16.8 Å². The van der Waals surface area contributed by atoms with Crippen molar-refractivity contribution in [2.45, 2.75) is 39.5 Å². The van der Waals surface area contributed by atoms with E-state index in [1.165, 1.54) is 7.11 Å². The number of hydrogen-bond donors (Lipinski definition) is 0. The lowest BCUT2D eigenvalue weighted by Crippen LogP contribution is -2.20. The first kappa shape index (κ1) is 16.6. The summed E-state index contributed by atoms with van der Waals surface area (Å²) in [6.45, 7) is 5.60. The lowest BCUT2D eigenvalue weighted by molar-refractivity contribution is -0.141. The number of carbonyl (C=O) groups excluding carboxylic acids is 1. The Labute approximate surface area is 118 Å². The van der Waals surface area contributed by atoms with Crippen LogP contribution in [0.4, 0.5) is 0 Å². The van der Waals surface area contributed by atoms with E-state index in [4.69, 9.17) is 4.74 Å². The molecule has 0 aromatic rings. The topological polar surface area (TPSA) is 52.6 Å². The Morgan fingerprint density at radius 2 is 2.00 bits per heavy atom. The maximum atomic E-state index is 11.9. The van der Waals surface area contributed by atoms with Crippen molar-refractivity contribution in [1.82, 2.24) is 0 Å². The summed E-state index contributed by atoms with van der Waals surface area (Å²) in [6.07, 6.45) is 3.42. The minimum atomic E-state index is -0.892. The third kappa shape index (κ3) is 7.06. The standard InChI is InChI=1S/C14H26O4S/c1-12(2)4-7-18-8-9-19(16)11-14(5-6-14)10-13(15)17-3/h12H,4-11H2,1-3H3. The van der Waals surface area contributed by atoms with Gasteiger partial charge in [0.25, 0.3) is 0 Å². The van der Waals surface area contributed by atoms with Gasteiger partial charge in [0.05, 0.1) is 20.1 Å². The Hall–Kier alpha value is -0.420. The monoisotopic (exact) mass is 290 g/mol. The summed E-state index contributed by atoms with van der Waals surface area (Å²) in [4.78, 5) is 11.3. The van der Waals surface area contributed by atoms with Gasteiger partial charge in [0.2, 0.25) is 0 Å². The van der Waals surface area contributed by atoms with Crippen LogP contribution in [-0.4, -0.2) is 42.0 Å². The summed E-state index contributed by atoms with van der Waals surface area (Å²) in [6, 6.07) is 0. The number of methoxy groups -OCH3 is 1. The maximum Gasteiger partial charge on any atom is 0.306 e. The molecule has 5 heteroatoms. The second-order valence-electron chi connectivity index (χ2n) is 5.84. The smallest absolute Gasteiger partial charge is 0.306 e. The second-order valence-corrected chi connectivity index (χ2v) is 7.41. The van der Waals surface area contributed by atoms with Gasteiger partial charge in [-0.05, 0) is 30.6 Å². The molecule has 0 N–H and O–H groups in total. The summed E-state index contributed by atoms with van der Waals surface area (Å²) in [5, 5.41) is 0. The van der Waals surface area contributed by atoms with E-state index >= 15 is 0 Å². The fraction of sp³-hybridized carbons (Fsp3) is 0.929. The molecule has 1 aliphatic rings. The van der Waals surface area contributed by atoms with Crippen LogP contribution in [0.1, 0.15) is 39.5 Å². The summed E-state index contributed by atoms with van der Waals surface area (Å²) < 4.78 is 22.1. The molecule has 0 saturated heterocycles. The molecule has 4 nitrogen and oxygen atoms in total. The first-order chi connectivity index (χ1) is 8.97. The molecule has 1 rings (SSSR count). The van der Waals surface area contributed by atoms with Crippen LogP contribution in [0, 0.1) is 11.3 Å². The molecule has 19 heavy (non-hydrogen) atoms. The molecule has 0 aromatic carbocycles. The highest BCUT2D eigenvalue weighted by Crippen LogP contribution is 2.49. The van der Waals surface area contributed by atoms with Crippen molar-refractivity contribution in [3.8, 4) is 0 Å². The normalized spacial score (nSPS) is 18.3. The maximum absolute atomic E-state index is 11.9. The Morgan fingerprint density at radius 3 is 2.53 bits per heavy atom. The molecule has 0 amide bonds. The third-order valence-electron chi connectivity index (χ3n) is 3.47. The minimum absolute atomic E-state index is 0.0457. The van der Waals surface area contributed by atoms with Gasteiger partial charge in [0.15, 0.2) is 0 Å². The molecule has 0 spiro atoms. The predicted molar refractivity (Wildman–Crippen MR) is 76.5 cm³/mol. The van der Waals surface area contributed by atoms with E-state index in [9.17, 15) is 9.00 Å². The molecule has 1 fully saturated rings. The molecule has 1 unspecified atom stereocenters. The van der Waals surface area contributed by atoms with Gasteiger partial charge in [-0.3, -0.25) is 9.00 Å². The van der Waals surface area contributed by atoms with Gasteiger partial charge in [-0.25, -0.2) is 0 Å². The molecular weight excluding hydrogens is 264 g/mol. The van der Waals surface area contributed by atoms with Crippen LogP contribution in [0.3, 0.4) is 0 Å². The highest BCUT2D eigenvalue weighted by atomic mass is 32.2. The Kier molecular flexibility index (Phi) is 7.00. The zero-order chi connectivity index (χ0) is 14.3. The average Bonchev–Trinajstić information content (AvgIpc) is 3.07. The van der Waals surface area contributed by atoms with E-state index in [0.717, 1.165) is 25.9 Å². The van der Waals surface area contributed by atoms with E-state index in [0.29, 0.717) is 30.5 Å². The van der Waals surface area contributed by atoms with Gasteiger partial charge in [0.1, 0.15) is 0 Å². The van der Waals surface area contributed by atoms with E-state index in [-0.39, 0.29) is 11.4 Å². The zero-order valence-corrected chi connectivity index (χ0v) is 13.1. The lowest BCUT2D eigenvalue weighted by atomic mass is 10.1. The van der Waals surface area contributed by atoms with E-state index in [2.05, 4.69) is 18.6 Å². The number of ether oxygens (including phenoxy) is 2. The van der Waals surface area contributed by atoms with Crippen molar-refractivity contribution in [3.05, 3.63) is 0 Å². The summed E-state index contributed by atoms with van der Waals surface area (Å²) in [5.74, 6) is 1.62. The van der Waals surface area contributed by atoms with Gasteiger partial charge in [0, 0.05) is 28.9 Å². The van der Waals surface area contributed by atoms with Crippen molar-refractivity contribution in [2.24, 2.45) is 11.3 Å². The number of carbonyl (C=O) groups is 1. The van der Waals surface area contributed by atoms with Crippen LogP contribution in [0.15, 0.2) is 0 Å². The molecular formula is C14H26O4S. The molecule has 0 bridgehead atoms. The van der Waals surface area contributed by atoms with Crippen molar-refractivity contribution in [3.63, 3.8) is 0 Å². The fourth-order valence-electron chi connectivity index (χ4n) is 1.91. The molecule has 0 heterocycles. The van der Waals surface area contributed by atoms with E-state index < -0.39 is 10.8 Å². The van der Waals surface area contributed by atoms with Crippen molar-refractivity contribution in [2.75, 3.05) is 31.8 Å². The molecule has 1 saturated carbocycles. The summed E-state index contributed by atoms with van der Waals surface area (Å²) in [7, 11) is 0.508. The predicted octanol–water partition coefficient (Wildman–Crippen LogP) is 2.14. The van der Waals surface area contributed by atoms with Crippen LogP contribution in [-0.2, 0) is 25.1 Å². The van der Waals surface area contributed by atoms with Crippen LogP contribution in [0.25, 0.3) is 0 Å². The molecule has 1 aliphatic carbocycles. The third-order valence-corrected chi connectivity index (χ3v) is 5.02. The molecule has 0 aliphatic heterocycles. The lowest BCUT2D eigenvalue weighted by Gasteiger charge is -2.13. The van der Waals surface area contributed by atoms with Crippen LogP contribution in [0.5, 0.6) is 0 Å². The SMILES string of the molecule is COC(=O)CC1(CS(=O)CCOCCC(C)C)CC1. The number of esters is 1. The van der Waals surface area contributed by atoms with Gasteiger partial charge in [-0.15, -0.1) is 0 Å². The first-order valence-electron chi connectivity index (χ1n) is 6.97. The van der Waals surface area contributed by atoms with Crippen LogP contribution in [0.2, 0.25) is 0 Å². The second kappa shape index (κ2) is 8.00. The number of hydrogen-bond acceptors (Lipinski definition) is 4. The van der Waals surface area contributed by atoms with Gasteiger partial charge in [-0.2, -0.15) is 0 Å². The van der Waals surface area contributed by atoms with Crippen molar-refractivity contribution < 1.29 is 18.5 Å². The molecule has 0 aromatic heterocycles. The van der Waals surface area contributed by atoms with Crippen LogP contribution < -0.4 is 0 Å². The first-order valence-corrected chi connectivity index (χ1v) is 8.46. The quantitative estimate of drug-likeness (QED) is 0.457. The highest BCUT2D eigenvalue weighted by molar-refractivity contribution is 7.85. The van der Waals surface area contributed by atoms with Gasteiger partial charge >= 0.3 is 5.97 Å². The minimum Gasteiger partial charge on any atom is -0.469 e. The van der Waals surface area contributed by atoms with Crippen molar-refractivity contribution in [1.29, 1.82) is 0 Å². The Balaban J connectivity index is 2.12. The van der Waals surface area contributed by atoms with E-state index in [1.54, 1.807) is 0 Å². The summed E-state index contributed by atoms with van der Waals surface area (Å²) in [5.41, 5.74) is -0.0457. The fourth-order valence-corrected chi connectivity index (χ4v) is 3.44. The Bertz CT molecular complexity index is 311. The largest absolute Gasteiger partial charge is 0.469 e. The van der Waals surface area contributed by atoms with Crippen LogP contribution >= 0.6 is 0 Å². The van der Waals surface area contributed by atoms with Gasteiger partial charge in [-0.1, -0.05) is 13.8 Å². The zero-order valence-electron chi connectivity index (χ0n) is 12.3. The molecule has 112 valence electrons. The summed E-state index contributed by atoms with van der Waals surface area (Å²) >= 11 is 0. The molecule has 0 radical (unpaired) electrons. The Morgan fingerprint density at radius 1 is 1.32 bits per heavy atom. The average molecular weight is 290 g/mol. The number of rotatable bonds is 10. The van der Waals surface area contributed by atoms with Gasteiger partial charge < -0.3 is 9.47 Å². The van der Waals surface area contributed by atoms with E-state index in [1.807, 2.05) is 0 Å².